The Labute approximate surface area is 156 Å². The Balaban J connectivity index is 2.10. The highest BCUT2D eigenvalue weighted by atomic mass is 19.4. The molecule has 1 aliphatic carbocycles. The van der Waals surface area contributed by atoms with Crippen molar-refractivity contribution in [3.05, 3.63) is 52.6 Å². The van der Waals surface area contributed by atoms with Gasteiger partial charge in [0.25, 0.3) is 5.82 Å². The molecule has 1 aliphatic rings. The van der Waals surface area contributed by atoms with Gasteiger partial charge in [-0.25, -0.2) is 9.13 Å². The standard InChI is InChI=1S/C18H16F5N2O3/c1-10-24(7-6-18(21,22)23)13-14(25(10)8-9-28-17(19)20)16(27)12-5-3-2-4-11(12)15(13)26/h2-5,17H,6-9H2,1H3/q+1. The average Bonchev–Trinajstić information content (AvgIpc) is 2.89. The Hall–Kier alpha value is -2.62. The quantitative estimate of drug-likeness (QED) is 0.470. The van der Waals surface area contributed by atoms with Crippen molar-refractivity contribution in [2.75, 3.05) is 6.61 Å². The first-order valence-corrected chi connectivity index (χ1v) is 8.39. The van der Waals surface area contributed by atoms with Gasteiger partial charge < -0.3 is 4.74 Å². The molecule has 1 aromatic heterocycles. The number of nitrogens with zero attached hydrogens (tertiary/aromatic N) is 2. The average molecular weight is 403 g/mol. The molecule has 0 saturated carbocycles. The van der Waals surface area contributed by atoms with E-state index in [2.05, 4.69) is 4.74 Å². The molecule has 3 rings (SSSR count). The molecule has 0 aliphatic heterocycles. The van der Waals surface area contributed by atoms with Crippen LogP contribution in [0, 0.1) is 6.92 Å². The third-order valence-corrected chi connectivity index (χ3v) is 4.57. The van der Waals surface area contributed by atoms with E-state index >= 15 is 0 Å². The Bertz CT molecular complexity index is 934. The summed E-state index contributed by atoms with van der Waals surface area (Å²) < 4.78 is 69.4. The lowest BCUT2D eigenvalue weighted by Gasteiger charge is -2.13. The highest BCUT2D eigenvalue weighted by Gasteiger charge is 2.43. The predicted octanol–water partition coefficient (Wildman–Crippen LogP) is 3.05. The van der Waals surface area contributed by atoms with Crippen LogP contribution in [0.25, 0.3) is 0 Å². The van der Waals surface area contributed by atoms with Crippen molar-refractivity contribution in [1.82, 2.24) is 4.57 Å². The van der Waals surface area contributed by atoms with E-state index in [0.29, 0.717) is 0 Å². The SMILES string of the molecule is Cc1n(CCOC(F)F)c2c([n+]1CCC(F)(F)F)C(=O)c1ccccc1C2=O. The molecule has 0 saturated heterocycles. The predicted molar refractivity (Wildman–Crippen MR) is 85.3 cm³/mol. The van der Waals surface area contributed by atoms with Crippen molar-refractivity contribution in [3.8, 4) is 0 Å². The zero-order valence-electron chi connectivity index (χ0n) is 14.7. The summed E-state index contributed by atoms with van der Waals surface area (Å²) in [7, 11) is 0. The number of benzene rings is 1. The van der Waals surface area contributed by atoms with E-state index in [1.807, 2.05) is 0 Å². The van der Waals surface area contributed by atoms with Gasteiger partial charge in [-0.15, -0.1) is 0 Å². The van der Waals surface area contributed by atoms with Gasteiger partial charge >= 0.3 is 12.8 Å². The maximum Gasteiger partial charge on any atom is 0.392 e. The summed E-state index contributed by atoms with van der Waals surface area (Å²) in [6.07, 6.45) is -5.67. The summed E-state index contributed by atoms with van der Waals surface area (Å²) in [4.78, 5) is 25.9. The molecule has 0 fully saturated rings. The summed E-state index contributed by atoms with van der Waals surface area (Å²) in [6.45, 7) is -2.84. The monoisotopic (exact) mass is 403 g/mol. The molecule has 2 aromatic rings. The van der Waals surface area contributed by atoms with Crippen LogP contribution in [0.4, 0.5) is 22.0 Å². The molecule has 0 spiro atoms. The summed E-state index contributed by atoms with van der Waals surface area (Å²) in [5.74, 6) is -0.943. The lowest BCUT2D eigenvalue weighted by atomic mass is 9.90. The van der Waals surface area contributed by atoms with Crippen LogP contribution in [0.15, 0.2) is 24.3 Å². The number of fused-ring (bicyclic) bond motifs is 2. The summed E-state index contributed by atoms with van der Waals surface area (Å²) >= 11 is 0. The van der Waals surface area contributed by atoms with Crippen molar-refractivity contribution in [1.29, 1.82) is 0 Å². The number of hydrogen-bond donors (Lipinski definition) is 0. The third-order valence-electron chi connectivity index (χ3n) is 4.57. The molecule has 0 bridgehead atoms. The van der Waals surface area contributed by atoms with E-state index in [9.17, 15) is 31.5 Å². The van der Waals surface area contributed by atoms with Crippen LogP contribution in [0.1, 0.15) is 44.3 Å². The van der Waals surface area contributed by atoms with E-state index in [0.717, 1.165) is 4.57 Å². The van der Waals surface area contributed by atoms with Crippen molar-refractivity contribution in [2.24, 2.45) is 0 Å². The first-order chi connectivity index (χ1) is 13.1. The fraction of sp³-hybridized carbons (Fsp3) is 0.389. The Morgan fingerprint density at radius 3 is 2.29 bits per heavy atom. The minimum Gasteiger partial charge on any atom is -0.319 e. The number of rotatable bonds is 6. The van der Waals surface area contributed by atoms with E-state index < -0.39 is 43.9 Å². The van der Waals surface area contributed by atoms with Crippen LogP contribution in [0.5, 0.6) is 0 Å². The maximum atomic E-state index is 12.9. The topological polar surface area (TPSA) is 52.2 Å². The number of carbonyl (C=O) groups excluding carboxylic acids is 2. The number of hydrogen-bond acceptors (Lipinski definition) is 3. The summed E-state index contributed by atoms with van der Waals surface area (Å²) in [5.41, 5.74) is -0.0537. The van der Waals surface area contributed by atoms with Crippen molar-refractivity contribution < 1.29 is 40.8 Å². The number of carbonyl (C=O) groups is 2. The molecular formula is C18H16F5N2O3+. The van der Waals surface area contributed by atoms with Crippen molar-refractivity contribution >= 4 is 11.6 Å². The molecule has 0 N–H and O–H groups in total. The molecule has 0 radical (unpaired) electrons. The van der Waals surface area contributed by atoms with Crippen LogP contribution in [0.2, 0.25) is 0 Å². The van der Waals surface area contributed by atoms with Gasteiger partial charge in [0.1, 0.15) is 6.54 Å². The summed E-state index contributed by atoms with van der Waals surface area (Å²) in [6, 6.07) is 5.99. The van der Waals surface area contributed by atoms with Gasteiger partial charge in [-0.2, -0.15) is 22.0 Å². The van der Waals surface area contributed by atoms with Crippen LogP contribution < -0.4 is 4.57 Å². The minimum atomic E-state index is -4.47. The molecule has 150 valence electrons. The first-order valence-electron chi connectivity index (χ1n) is 8.39. The molecule has 5 nitrogen and oxygen atoms in total. The van der Waals surface area contributed by atoms with Gasteiger partial charge in [-0.05, 0) is 0 Å². The zero-order valence-corrected chi connectivity index (χ0v) is 14.7. The van der Waals surface area contributed by atoms with E-state index in [-0.39, 0.29) is 34.9 Å². The fourth-order valence-electron chi connectivity index (χ4n) is 3.34. The maximum absolute atomic E-state index is 12.9. The first kappa shape index (κ1) is 20.1. The number of ether oxygens (including phenoxy) is 1. The number of imidazole rings is 1. The molecule has 28 heavy (non-hydrogen) atoms. The number of halogens is 5. The van der Waals surface area contributed by atoms with Gasteiger partial charge in [-0.1, -0.05) is 24.3 Å². The second kappa shape index (κ2) is 7.42. The number of alkyl halides is 5. The molecule has 0 unspecified atom stereocenters. The van der Waals surface area contributed by atoms with E-state index in [4.69, 9.17) is 0 Å². The molecule has 0 atom stereocenters. The Kier molecular flexibility index (Phi) is 5.33. The van der Waals surface area contributed by atoms with Crippen LogP contribution in [-0.4, -0.2) is 35.5 Å². The van der Waals surface area contributed by atoms with Gasteiger partial charge in [0, 0.05) is 18.1 Å². The Morgan fingerprint density at radius 1 is 1.11 bits per heavy atom. The third kappa shape index (κ3) is 3.68. The lowest BCUT2D eigenvalue weighted by molar-refractivity contribution is -0.707. The molecule has 10 heteroatoms. The molecule has 0 amide bonds. The van der Waals surface area contributed by atoms with E-state index in [1.165, 1.54) is 23.6 Å². The Morgan fingerprint density at radius 2 is 1.71 bits per heavy atom. The smallest absolute Gasteiger partial charge is 0.319 e. The molecular weight excluding hydrogens is 387 g/mol. The molecule has 1 heterocycles. The van der Waals surface area contributed by atoms with Gasteiger partial charge in [0.2, 0.25) is 23.0 Å². The van der Waals surface area contributed by atoms with E-state index in [1.54, 1.807) is 12.1 Å². The van der Waals surface area contributed by atoms with Crippen LogP contribution >= 0.6 is 0 Å². The molecule has 1 aromatic carbocycles. The zero-order chi connectivity index (χ0) is 20.6. The lowest BCUT2D eigenvalue weighted by Crippen LogP contribution is -2.44. The fourth-order valence-corrected chi connectivity index (χ4v) is 3.34. The van der Waals surface area contributed by atoms with Crippen molar-refractivity contribution in [2.45, 2.75) is 39.2 Å². The minimum absolute atomic E-state index is 0.0988. The largest absolute Gasteiger partial charge is 0.392 e. The highest BCUT2D eigenvalue weighted by molar-refractivity contribution is 6.26. The summed E-state index contributed by atoms with van der Waals surface area (Å²) in [5, 5.41) is 0. The van der Waals surface area contributed by atoms with Crippen molar-refractivity contribution in [3.63, 3.8) is 0 Å². The highest BCUT2D eigenvalue weighted by Crippen LogP contribution is 2.28. The number of ketones is 2. The van der Waals surface area contributed by atoms with Gasteiger partial charge in [0.15, 0.2) is 0 Å². The normalized spacial score (nSPS) is 13.8. The number of aromatic nitrogens is 2. The second-order valence-electron chi connectivity index (χ2n) is 6.25. The van der Waals surface area contributed by atoms with Gasteiger partial charge in [-0.3, -0.25) is 9.59 Å². The van der Waals surface area contributed by atoms with Crippen LogP contribution in [-0.2, 0) is 17.8 Å². The van der Waals surface area contributed by atoms with Crippen LogP contribution in [0.3, 0.4) is 0 Å². The van der Waals surface area contributed by atoms with Gasteiger partial charge in [0.05, 0.1) is 19.6 Å². The second-order valence-corrected chi connectivity index (χ2v) is 6.25.